The highest BCUT2D eigenvalue weighted by Gasteiger charge is 2.56. The van der Waals surface area contributed by atoms with Crippen LogP contribution in [-0.2, 0) is 0 Å². The number of hydrogen-bond acceptors (Lipinski definition) is 7. The molecule has 2 aromatic heterocycles. The molecule has 8 nitrogen and oxygen atoms in total. The molecule has 9 heteroatoms. The van der Waals surface area contributed by atoms with Gasteiger partial charge in [0.2, 0.25) is 5.88 Å². The van der Waals surface area contributed by atoms with Crippen molar-refractivity contribution in [1.29, 1.82) is 0 Å². The van der Waals surface area contributed by atoms with E-state index in [2.05, 4.69) is 32.5 Å². The normalized spacial score (nSPS) is 29.8. The van der Waals surface area contributed by atoms with Crippen LogP contribution in [0.5, 0.6) is 11.6 Å². The van der Waals surface area contributed by atoms with Crippen molar-refractivity contribution in [2.75, 3.05) is 0 Å². The lowest BCUT2D eigenvalue weighted by Gasteiger charge is -2.42. The van der Waals surface area contributed by atoms with Gasteiger partial charge < -0.3 is 9.84 Å². The summed E-state index contributed by atoms with van der Waals surface area (Å²) in [6, 6.07) is 8.39. The Balaban J connectivity index is 1.34. The summed E-state index contributed by atoms with van der Waals surface area (Å²) in [6.45, 7) is 5.98. The number of nitrogens with zero attached hydrogens (tertiary/aromatic N) is 6. The van der Waals surface area contributed by atoms with Crippen LogP contribution in [0.4, 0.5) is 4.39 Å². The molecule has 2 bridgehead atoms. The summed E-state index contributed by atoms with van der Waals surface area (Å²) in [7, 11) is 0. The molecule has 0 spiro atoms. The lowest BCUT2D eigenvalue weighted by molar-refractivity contribution is -0.0432. The minimum absolute atomic E-state index is 0.0175. The lowest BCUT2D eigenvalue weighted by Crippen LogP contribution is -2.46. The number of rotatable bonds is 4. The number of halogens is 1. The Morgan fingerprint density at radius 1 is 1.13 bits per heavy atom. The first-order valence-electron chi connectivity index (χ1n) is 10.5. The van der Waals surface area contributed by atoms with E-state index in [4.69, 9.17) is 4.74 Å². The minimum atomic E-state index is -1.02. The fourth-order valence-electron chi connectivity index (χ4n) is 5.22. The summed E-state index contributed by atoms with van der Waals surface area (Å²) in [5, 5.41) is 30.7. The highest BCUT2D eigenvalue weighted by Crippen LogP contribution is 2.59. The molecule has 0 aliphatic heterocycles. The molecule has 0 amide bonds. The van der Waals surface area contributed by atoms with E-state index in [1.54, 1.807) is 31.2 Å². The Morgan fingerprint density at radius 2 is 1.97 bits per heavy atom. The van der Waals surface area contributed by atoms with E-state index in [1.807, 2.05) is 6.92 Å². The molecule has 3 aromatic rings. The number of ether oxygens (including phenoxy) is 1. The number of tetrazole rings is 1. The number of hydrogen-bond donors (Lipinski definition) is 1. The molecule has 31 heavy (non-hydrogen) atoms. The van der Waals surface area contributed by atoms with Crippen molar-refractivity contribution in [3.8, 4) is 28.6 Å². The summed E-state index contributed by atoms with van der Waals surface area (Å²) in [6.07, 6.45) is 1.99. The molecule has 1 aromatic carbocycles. The number of aryl methyl sites for hydroxylation is 1. The smallest absolute Gasteiger partial charge is 0.233 e. The second-order valence-electron chi connectivity index (χ2n) is 9.49. The molecule has 2 heterocycles. The van der Waals surface area contributed by atoms with Gasteiger partial charge in [-0.25, -0.2) is 4.39 Å². The molecule has 5 rings (SSSR count). The number of aromatic hydroxyl groups is 1. The third-order valence-corrected chi connectivity index (χ3v) is 6.73. The zero-order valence-electron chi connectivity index (χ0n) is 17.8. The summed E-state index contributed by atoms with van der Waals surface area (Å²) < 4.78 is 21.1. The van der Waals surface area contributed by atoms with E-state index in [9.17, 15) is 5.11 Å². The number of fused-ring (bicyclic) bond motifs is 2. The fraction of sp³-hybridized carbons (Fsp3) is 0.500. The molecule has 4 atom stereocenters. The first-order chi connectivity index (χ1) is 14.7. The molecule has 2 saturated carbocycles. The first kappa shape index (κ1) is 19.8. The summed E-state index contributed by atoms with van der Waals surface area (Å²) in [5.74, 6) is 0.849. The number of phenolic OH excluding ortho intramolecular Hbond substituents is 1. The van der Waals surface area contributed by atoms with Gasteiger partial charge in [0.25, 0.3) is 0 Å². The average molecular weight is 424 g/mol. The van der Waals surface area contributed by atoms with Crippen molar-refractivity contribution in [3.63, 3.8) is 0 Å². The van der Waals surface area contributed by atoms with E-state index in [-0.39, 0.29) is 16.6 Å². The third kappa shape index (κ3) is 3.51. The van der Waals surface area contributed by atoms with E-state index >= 15 is 4.39 Å². The van der Waals surface area contributed by atoms with Crippen LogP contribution in [0.2, 0.25) is 0 Å². The van der Waals surface area contributed by atoms with Crippen LogP contribution in [-0.4, -0.2) is 47.8 Å². The van der Waals surface area contributed by atoms with E-state index < -0.39 is 12.3 Å². The largest absolute Gasteiger partial charge is 0.507 e. The second kappa shape index (κ2) is 6.96. The van der Waals surface area contributed by atoms with Gasteiger partial charge in [-0.2, -0.15) is 0 Å². The Bertz CT molecular complexity index is 1120. The maximum Gasteiger partial charge on any atom is 0.233 e. The van der Waals surface area contributed by atoms with Crippen molar-refractivity contribution in [1.82, 2.24) is 30.4 Å². The van der Waals surface area contributed by atoms with Crippen LogP contribution >= 0.6 is 0 Å². The molecule has 0 unspecified atom stereocenters. The molecule has 0 saturated heterocycles. The predicted octanol–water partition coefficient (Wildman–Crippen LogP) is 3.82. The maximum atomic E-state index is 15.1. The zero-order chi connectivity index (χ0) is 21.8. The first-order valence-corrected chi connectivity index (χ1v) is 10.5. The molecular formula is C22H25FN6O2. The van der Waals surface area contributed by atoms with Gasteiger partial charge >= 0.3 is 0 Å². The van der Waals surface area contributed by atoms with Gasteiger partial charge in [-0.3, -0.25) is 0 Å². The SMILES string of the molecule is Cc1nnn(-c2ccc(-c3ccc(O[C@@H]4C[C@@]5(C)CC[C@](C)(C5)[C@H]4F)nn3)c(O)c2)n1. The van der Waals surface area contributed by atoms with Gasteiger partial charge in [-0.1, -0.05) is 13.8 Å². The van der Waals surface area contributed by atoms with Crippen molar-refractivity contribution < 1.29 is 14.2 Å². The van der Waals surface area contributed by atoms with Crippen molar-refractivity contribution in [2.24, 2.45) is 10.8 Å². The Morgan fingerprint density at radius 3 is 2.65 bits per heavy atom. The fourth-order valence-corrected chi connectivity index (χ4v) is 5.22. The average Bonchev–Trinajstić information content (AvgIpc) is 3.29. The lowest BCUT2D eigenvalue weighted by atomic mass is 9.68. The van der Waals surface area contributed by atoms with Crippen LogP contribution < -0.4 is 4.74 Å². The van der Waals surface area contributed by atoms with E-state index in [0.29, 0.717) is 35.1 Å². The molecular weight excluding hydrogens is 399 g/mol. The van der Waals surface area contributed by atoms with Gasteiger partial charge in [0, 0.05) is 23.1 Å². The van der Waals surface area contributed by atoms with Crippen LogP contribution in [0.25, 0.3) is 16.9 Å². The molecule has 1 N–H and O–H groups in total. The summed E-state index contributed by atoms with van der Waals surface area (Å²) in [5.41, 5.74) is 1.38. The Hall–Kier alpha value is -3.10. The van der Waals surface area contributed by atoms with Gasteiger partial charge in [0.1, 0.15) is 18.0 Å². The molecule has 2 aliphatic carbocycles. The Labute approximate surface area is 179 Å². The zero-order valence-corrected chi connectivity index (χ0v) is 17.8. The van der Waals surface area contributed by atoms with Crippen LogP contribution in [0, 0.1) is 17.8 Å². The van der Waals surface area contributed by atoms with Crippen molar-refractivity contribution >= 4 is 0 Å². The van der Waals surface area contributed by atoms with E-state index in [0.717, 1.165) is 19.3 Å². The van der Waals surface area contributed by atoms with Gasteiger partial charge in [0.05, 0.1) is 11.4 Å². The standard InChI is InChI=1S/C22H25FN6O2/c1-13-24-28-29(27-13)14-4-5-15(17(30)10-14)16-6-7-19(26-25-16)31-18-11-21(2)8-9-22(3,12-21)20(18)23/h4-7,10,18,20,30H,8-9,11-12H2,1-3H3/t18-,20+,21-,22-/m1/s1. The number of aromatic nitrogens is 6. The number of alkyl halides is 1. The van der Waals surface area contributed by atoms with Gasteiger partial charge in [-0.05, 0) is 61.4 Å². The molecule has 2 aliphatic rings. The van der Waals surface area contributed by atoms with Gasteiger partial charge in [0.15, 0.2) is 5.82 Å². The van der Waals surface area contributed by atoms with Crippen LogP contribution in [0.15, 0.2) is 30.3 Å². The minimum Gasteiger partial charge on any atom is -0.507 e. The van der Waals surface area contributed by atoms with Crippen molar-refractivity contribution in [2.45, 2.75) is 58.7 Å². The van der Waals surface area contributed by atoms with Crippen LogP contribution in [0.1, 0.15) is 45.4 Å². The van der Waals surface area contributed by atoms with Crippen LogP contribution in [0.3, 0.4) is 0 Å². The van der Waals surface area contributed by atoms with Gasteiger partial charge in [-0.15, -0.1) is 25.2 Å². The quantitative estimate of drug-likeness (QED) is 0.680. The molecule has 0 radical (unpaired) electrons. The highest BCUT2D eigenvalue weighted by atomic mass is 19.1. The molecule has 162 valence electrons. The van der Waals surface area contributed by atoms with Crippen molar-refractivity contribution in [3.05, 3.63) is 36.2 Å². The number of benzene rings is 1. The maximum absolute atomic E-state index is 15.1. The Kier molecular flexibility index (Phi) is 4.46. The topological polar surface area (TPSA) is 98.8 Å². The summed E-state index contributed by atoms with van der Waals surface area (Å²) in [4.78, 5) is 1.34. The third-order valence-electron chi connectivity index (χ3n) is 6.73. The predicted molar refractivity (Wildman–Crippen MR) is 111 cm³/mol. The highest BCUT2D eigenvalue weighted by molar-refractivity contribution is 5.68. The van der Waals surface area contributed by atoms with E-state index in [1.165, 1.54) is 10.9 Å². The summed E-state index contributed by atoms with van der Waals surface area (Å²) >= 11 is 0. The molecule has 2 fully saturated rings. The second-order valence-corrected chi connectivity index (χ2v) is 9.49. The number of phenols is 1. The monoisotopic (exact) mass is 424 g/mol.